The molecule has 1 fully saturated rings. The average molecular weight is 659 g/mol. The number of aromatic nitrogens is 2. The van der Waals surface area contributed by atoms with E-state index in [1.165, 1.54) is 28.0 Å². The molecule has 1 aliphatic rings. The van der Waals surface area contributed by atoms with Crippen LogP contribution < -0.4 is 15.6 Å². The Hall–Kier alpha value is -3.67. The number of thiazole rings is 1. The first kappa shape index (κ1) is 32.7. The number of hydrogen-bond acceptors (Lipinski definition) is 6. The Labute approximate surface area is 268 Å². The van der Waals surface area contributed by atoms with Gasteiger partial charge in [0.2, 0.25) is 0 Å². The minimum Gasteiger partial charge on any atom is -0.494 e. The van der Waals surface area contributed by atoms with Crippen LogP contribution in [0.15, 0.2) is 58.7 Å². The zero-order valence-electron chi connectivity index (χ0n) is 25.4. The Morgan fingerprint density at radius 2 is 1.91 bits per heavy atom. The number of piperazine rings is 1. The second-order valence-corrected chi connectivity index (χ2v) is 12.7. The van der Waals surface area contributed by atoms with Crippen LogP contribution in [-0.4, -0.2) is 52.6 Å². The molecule has 1 amide bonds. The predicted octanol–water partition coefficient (Wildman–Crippen LogP) is 7.33. The van der Waals surface area contributed by atoms with Gasteiger partial charge in [-0.3, -0.25) is 14.2 Å². The monoisotopic (exact) mass is 658 g/mol. The summed E-state index contributed by atoms with van der Waals surface area (Å²) in [7, 11) is 0. The van der Waals surface area contributed by atoms with E-state index < -0.39 is 17.3 Å². The van der Waals surface area contributed by atoms with Crippen LogP contribution >= 0.6 is 22.9 Å². The number of rotatable bonds is 8. The van der Waals surface area contributed by atoms with Gasteiger partial charge in [0.15, 0.2) is 0 Å². The summed E-state index contributed by atoms with van der Waals surface area (Å²) in [6, 6.07) is 11.5. The standard InChI is InChI=1S/C33H34ClF3N4O3S/c1-5-44-23-10-11-26(34)29(15-23)41-28(14-19(2)3)24(31(42)40-13-12-38-20(4)17-40)16-25(32(41)43)30-39-27(18-45-30)21-6-8-22(9-7-21)33(35,36)37/h6-11,15-16,18-20,38H,5,12-14,17H2,1-4H3/t20-/m0/s1. The first-order valence-corrected chi connectivity index (χ1v) is 16.0. The molecular weight excluding hydrogens is 625 g/mol. The van der Waals surface area contributed by atoms with E-state index in [2.05, 4.69) is 10.3 Å². The van der Waals surface area contributed by atoms with Gasteiger partial charge in [-0.15, -0.1) is 11.3 Å². The Morgan fingerprint density at radius 1 is 1.18 bits per heavy atom. The quantitative estimate of drug-likeness (QED) is 0.215. The van der Waals surface area contributed by atoms with E-state index >= 15 is 0 Å². The minimum atomic E-state index is -4.46. The second-order valence-electron chi connectivity index (χ2n) is 11.4. The van der Waals surface area contributed by atoms with Crippen LogP contribution in [0.2, 0.25) is 5.02 Å². The normalized spacial score (nSPS) is 15.5. The molecule has 12 heteroatoms. The summed E-state index contributed by atoms with van der Waals surface area (Å²) in [6.07, 6.45) is -4.04. The molecule has 1 atom stereocenters. The topological polar surface area (TPSA) is 76.5 Å². The second kappa shape index (κ2) is 13.4. The van der Waals surface area contributed by atoms with Gasteiger partial charge in [0.05, 0.1) is 39.7 Å². The number of hydrogen-bond donors (Lipinski definition) is 1. The van der Waals surface area contributed by atoms with Crippen molar-refractivity contribution in [2.45, 2.75) is 46.3 Å². The number of nitrogens with one attached hydrogen (secondary N) is 1. The molecule has 1 N–H and O–H groups in total. The highest BCUT2D eigenvalue weighted by Gasteiger charge is 2.31. The minimum absolute atomic E-state index is 0.0926. The van der Waals surface area contributed by atoms with Gasteiger partial charge in [-0.1, -0.05) is 37.6 Å². The van der Waals surface area contributed by atoms with Crippen LogP contribution in [0.3, 0.4) is 0 Å². The van der Waals surface area contributed by atoms with Gasteiger partial charge >= 0.3 is 6.18 Å². The van der Waals surface area contributed by atoms with Crippen molar-refractivity contribution < 1.29 is 22.7 Å². The molecule has 0 unspecified atom stereocenters. The van der Waals surface area contributed by atoms with Crippen molar-refractivity contribution in [3.05, 3.63) is 86.1 Å². The number of nitrogens with zero attached hydrogens (tertiary/aromatic N) is 3. The lowest BCUT2D eigenvalue weighted by Crippen LogP contribution is -2.51. The van der Waals surface area contributed by atoms with Crippen molar-refractivity contribution in [1.82, 2.24) is 19.8 Å². The third kappa shape index (κ3) is 7.10. The van der Waals surface area contributed by atoms with Crippen molar-refractivity contribution in [3.63, 3.8) is 0 Å². The van der Waals surface area contributed by atoms with Crippen LogP contribution in [0.4, 0.5) is 13.2 Å². The molecule has 0 saturated carbocycles. The van der Waals surface area contributed by atoms with Crippen molar-refractivity contribution in [2.75, 3.05) is 26.2 Å². The molecular formula is C33H34ClF3N4O3S. The maximum Gasteiger partial charge on any atom is 0.416 e. The Kier molecular flexibility index (Phi) is 9.71. The van der Waals surface area contributed by atoms with Crippen LogP contribution in [0, 0.1) is 5.92 Å². The smallest absolute Gasteiger partial charge is 0.416 e. The summed E-state index contributed by atoms with van der Waals surface area (Å²) in [5.41, 5.74) is 1.19. The van der Waals surface area contributed by atoms with Crippen molar-refractivity contribution in [2.24, 2.45) is 5.92 Å². The van der Waals surface area contributed by atoms with E-state index in [1.54, 1.807) is 34.5 Å². The van der Waals surface area contributed by atoms with Crippen molar-refractivity contribution in [1.29, 1.82) is 0 Å². The van der Waals surface area contributed by atoms with Gasteiger partial charge in [-0.05, 0) is 56.5 Å². The van der Waals surface area contributed by atoms with Gasteiger partial charge in [-0.25, -0.2) is 4.98 Å². The zero-order valence-corrected chi connectivity index (χ0v) is 26.9. The Morgan fingerprint density at radius 3 is 2.56 bits per heavy atom. The van der Waals surface area contributed by atoms with E-state index in [-0.39, 0.29) is 23.4 Å². The first-order valence-electron chi connectivity index (χ1n) is 14.7. The number of halogens is 4. The maximum absolute atomic E-state index is 14.5. The van der Waals surface area contributed by atoms with Gasteiger partial charge in [0, 0.05) is 48.4 Å². The third-order valence-electron chi connectivity index (χ3n) is 7.50. The molecule has 0 aliphatic carbocycles. The summed E-state index contributed by atoms with van der Waals surface area (Å²) < 4.78 is 46.6. The summed E-state index contributed by atoms with van der Waals surface area (Å²) in [4.78, 5) is 35.1. The number of ether oxygens (including phenoxy) is 1. The SMILES string of the molecule is CCOc1ccc(Cl)c(-n2c(CC(C)C)c(C(=O)N3CCN[C@@H](C)C3)cc(-c3nc(-c4ccc(C(F)(F)F)cc4)cs3)c2=O)c1. The number of pyridine rings is 1. The summed E-state index contributed by atoms with van der Waals surface area (Å²) in [6.45, 7) is 9.96. The van der Waals surface area contributed by atoms with Gasteiger partial charge in [0.1, 0.15) is 10.8 Å². The lowest BCUT2D eigenvalue weighted by Gasteiger charge is -2.33. The lowest BCUT2D eigenvalue weighted by molar-refractivity contribution is -0.137. The van der Waals surface area contributed by atoms with Gasteiger partial charge in [-0.2, -0.15) is 13.2 Å². The highest BCUT2D eigenvalue weighted by Crippen LogP contribution is 2.34. The number of carbonyl (C=O) groups is 1. The molecule has 45 heavy (non-hydrogen) atoms. The van der Waals surface area contributed by atoms with E-state index in [0.717, 1.165) is 12.1 Å². The lowest BCUT2D eigenvalue weighted by atomic mass is 9.99. The molecule has 2 aromatic carbocycles. The van der Waals surface area contributed by atoms with Crippen LogP contribution in [0.25, 0.3) is 27.5 Å². The van der Waals surface area contributed by atoms with Crippen molar-refractivity contribution in [3.8, 4) is 33.3 Å². The Balaban J connectivity index is 1.72. The molecule has 3 heterocycles. The van der Waals surface area contributed by atoms with E-state index in [1.807, 2.05) is 27.7 Å². The Bertz CT molecular complexity index is 1750. The summed E-state index contributed by atoms with van der Waals surface area (Å²) in [5.74, 6) is 0.410. The molecule has 1 aliphatic heterocycles. The van der Waals surface area contributed by atoms with Gasteiger partial charge in [0.25, 0.3) is 11.5 Å². The first-order chi connectivity index (χ1) is 21.4. The largest absolute Gasteiger partial charge is 0.494 e. The zero-order chi connectivity index (χ0) is 32.5. The van der Waals surface area contributed by atoms with E-state index in [4.69, 9.17) is 16.3 Å². The van der Waals surface area contributed by atoms with Gasteiger partial charge < -0.3 is 15.0 Å². The molecule has 1 saturated heterocycles. The third-order valence-corrected chi connectivity index (χ3v) is 8.70. The fourth-order valence-corrected chi connectivity index (χ4v) is 6.44. The van der Waals surface area contributed by atoms with E-state index in [0.29, 0.717) is 76.6 Å². The summed E-state index contributed by atoms with van der Waals surface area (Å²) in [5, 5.41) is 5.68. The highest BCUT2D eigenvalue weighted by molar-refractivity contribution is 7.13. The van der Waals surface area contributed by atoms with Crippen LogP contribution in [0.1, 0.15) is 49.3 Å². The predicted molar refractivity (Wildman–Crippen MR) is 172 cm³/mol. The molecule has 5 rings (SSSR count). The molecule has 4 aromatic rings. The summed E-state index contributed by atoms with van der Waals surface area (Å²) >= 11 is 7.90. The number of carbonyl (C=O) groups excluding carboxylic acids is 1. The maximum atomic E-state index is 14.5. The number of benzene rings is 2. The molecule has 0 radical (unpaired) electrons. The molecule has 7 nitrogen and oxygen atoms in total. The number of alkyl halides is 3. The fraction of sp³-hybridized carbons (Fsp3) is 0.364. The van der Waals surface area contributed by atoms with E-state index in [9.17, 15) is 22.8 Å². The molecule has 2 aromatic heterocycles. The fourth-order valence-electron chi connectivity index (χ4n) is 5.40. The highest BCUT2D eigenvalue weighted by atomic mass is 35.5. The number of amides is 1. The molecule has 0 spiro atoms. The van der Waals surface area contributed by atoms with Crippen LogP contribution in [-0.2, 0) is 12.6 Å². The average Bonchev–Trinajstić information content (AvgIpc) is 3.48. The molecule has 0 bridgehead atoms. The van der Waals surface area contributed by atoms with Crippen LogP contribution in [0.5, 0.6) is 5.75 Å². The molecule has 238 valence electrons. The van der Waals surface area contributed by atoms with Crippen molar-refractivity contribution >= 4 is 28.8 Å².